The Balaban J connectivity index is 0.000000968. The van der Waals surface area contributed by atoms with E-state index < -0.39 is 5.60 Å². The maximum atomic E-state index is 12.5. The number of aromatic nitrogens is 1. The van der Waals surface area contributed by atoms with Crippen molar-refractivity contribution in [2.75, 3.05) is 13.1 Å². The Morgan fingerprint density at radius 1 is 1.24 bits per heavy atom. The topological polar surface area (TPSA) is 79.7 Å². The molecule has 1 aromatic carbocycles. The lowest BCUT2D eigenvalue weighted by atomic mass is 9.76. The largest absolute Gasteiger partial charge is 0.483 e. The van der Waals surface area contributed by atoms with Gasteiger partial charge < -0.3 is 14.7 Å². The van der Waals surface area contributed by atoms with Gasteiger partial charge >= 0.3 is 6.09 Å². The molecule has 1 aliphatic carbocycles. The number of hydrogen-bond acceptors (Lipinski definition) is 4. The van der Waals surface area contributed by atoms with Crippen LogP contribution in [0.5, 0.6) is 0 Å². The van der Waals surface area contributed by atoms with Crippen LogP contribution >= 0.6 is 11.6 Å². The van der Waals surface area contributed by atoms with Crippen molar-refractivity contribution >= 4 is 35.8 Å². The van der Waals surface area contributed by atoms with Crippen LogP contribution in [0, 0.1) is 5.92 Å². The summed E-state index contributed by atoms with van der Waals surface area (Å²) < 4.78 is 5.57. The number of fused-ring (bicyclic) bond motifs is 2. The molecule has 7 heteroatoms. The summed E-state index contributed by atoms with van der Waals surface area (Å²) in [6, 6.07) is 10.3. The summed E-state index contributed by atoms with van der Waals surface area (Å²) in [5.74, 6) is 0.583. The van der Waals surface area contributed by atoms with Crippen LogP contribution in [0.15, 0.2) is 36.5 Å². The molecule has 176 valence electrons. The Hall–Kier alpha value is -2.86. The summed E-state index contributed by atoms with van der Waals surface area (Å²) in [6.07, 6.45) is 5.71. The minimum absolute atomic E-state index is 0.183. The Morgan fingerprint density at radius 2 is 1.91 bits per heavy atom. The van der Waals surface area contributed by atoms with E-state index in [2.05, 4.69) is 31.2 Å². The highest BCUT2D eigenvalue weighted by atomic mass is 35.5. The van der Waals surface area contributed by atoms with Crippen LogP contribution in [-0.2, 0) is 9.53 Å². The first-order chi connectivity index (χ1) is 15.6. The van der Waals surface area contributed by atoms with Gasteiger partial charge in [0, 0.05) is 30.2 Å². The molecule has 33 heavy (non-hydrogen) atoms. The molecule has 1 atom stereocenters. The number of halogens is 1. The summed E-state index contributed by atoms with van der Waals surface area (Å²) in [7, 11) is 0. The molecule has 0 spiro atoms. The molecular weight excluding hydrogens is 440 g/mol. The molecule has 1 aliphatic heterocycles. The normalized spacial score (nSPS) is 18.0. The molecule has 1 N–H and O–H groups in total. The van der Waals surface area contributed by atoms with E-state index in [-0.39, 0.29) is 18.5 Å². The number of carboxylic acid groups (broad SMARTS) is 1. The molecule has 6 nitrogen and oxygen atoms in total. The Kier molecular flexibility index (Phi) is 7.80. The van der Waals surface area contributed by atoms with Gasteiger partial charge in [0.2, 0.25) is 0 Å². The number of benzene rings is 1. The second-order valence-electron chi connectivity index (χ2n) is 9.42. The zero-order valence-corrected chi connectivity index (χ0v) is 20.3. The molecule has 1 aromatic heterocycles. The van der Waals surface area contributed by atoms with Crippen molar-refractivity contribution in [3.05, 3.63) is 63.9 Å². The van der Waals surface area contributed by atoms with Crippen molar-refractivity contribution in [2.45, 2.75) is 52.1 Å². The number of carbonyl (C=O) groups excluding carboxylic acids is 1. The van der Waals surface area contributed by atoms with Crippen LogP contribution in [0.3, 0.4) is 0 Å². The van der Waals surface area contributed by atoms with Crippen molar-refractivity contribution < 1.29 is 19.4 Å². The van der Waals surface area contributed by atoms with E-state index in [9.17, 15) is 4.79 Å². The smallest absolute Gasteiger partial charge is 0.410 e. The maximum absolute atomic E-state index is 12.5. The van der Waals surface area contributed by atoms with Gasteiger partial charge in [0.25, 0.3) is 6.47 Å². The molecule has 2 aliphatic rings. The Morgan fingerprint density at radius 3 is 2.55 bits per heavy atom. The number of nitrogens with zero attached hydrogens (tertiary/aromatic N) is 2. The Labute approximate surface area is 200 Å². The van der Waals surface area contributed by atoms with Crippen molar-refractivity contribution in [3.8, 4) is 0 Å². The van der Waals surface area contributed by atoms with Crippen LogP contribution < -0.4 is 0 Å². The van der Waals surface area contributed by atoms with Gasteiger partial charge in [-0.1, -0.05) is 23.7 Å². The average molecular weight is 471 g/mol. The second kappa shape index (κ2) is 10.4. The molecular formula is C26H31ClN2O4. The van der Waals surface area contributed by atoms with E-state index in [4.69, 9.17) is 31.2 Å². The van der Waals surface area contributed by atoms with Gasteiger partial charge in [-0.15, -0.1) is 0 Å². The maximum Gasteiger partial charge on any atom is 0.410 e. The summed E-state index contributed by atoms with van der Waals surface area (Å²) in [4.78, 5) is 27.5. The number of likely N-dealkylation sites (tertiary alicyclic amines) is 1. The fraction of sp³-hybridized carbons (Fsp3) is 0.423. The number of amides is 1. The molecule has 0 saturated carbocycles. The lowest BCUT2D eigenvalue weighted by Gasteiger charge is -2.37. The summed E-state index contributed by atoms with van der Waals surface area (Å²) in [6.45, 7) is 9.01. The van der Waals surface area contributed by atoms with E-state index in [0.717, 1.165) is 23.6 Å². The SMILES string of the molecule is CC1=Cc2cccnc2C(C2CCN(C(=O)OC(C)(C)C)CC2)c2ccc(Cl)cc21.O=CO. The van der Waals surface area contributed by atoms with Crippen LogP contribution in [0.1, 0.15) is 68.8 Å². The molecule has 2 heterocycles. The second-order valence-corrected chi connectivity index (χ2v) is 9.86. The van der Waals surface area contributed by atoms with Crippen LogP contribution in [0.2, 0.25) is 5.02 Å². The lowest BCUT2D eigenvalue weighted by Crippen LogP contribution is -2.42. The van der Waals surface area contributed by atoms with Crippen LogP contribution in [-0.4, -0.2) is 46.2 Å². The van der Waals surface area contributed by atoms with Crippen LogP contribution in [0.4, 0.5) is 4.79 Å². The molecule has 1 unspecified atom stereocenters. The quantitative estimate of drug-likeness (QED) is 0.510. The van der Waals surface area contributed by atoms with Gasteiger partial charge in [-0.2, -0.15) is 0 Å². The summed E-state index contributed by atoms with van der Waals surface area (Å²) in [5, 5.41) is 7.64. The molecule has 1 fully saturated rings. The van der Waals surface area contributed by atoms with E-state index in [1.54, 1.807) is 0 Å². The zero-order valence-electron chi connectivity index (χ0n) is 19.5. The lowest BCUT2D eigenvalue weighted by molar-refractivity contribution is -0.122. The van der Waals surface area contributed by atoms with Gasteiger partial charge in [-0.05, 0) is 93.0 Å². The standard InChI is InChI=1S/C25H29ClN2O2.CH2O2/c1-16-14-18-6-5-11-27-23(18)22(20-8-7-19(26)15-21(16)20)17-9-12-28(13-10-17)24(29)30-25(2,3)4;2-1-3/h5-8,11,14-15,17,22H,9-10,12-13H2,1-4H3;1H,(H,2,3). The number of carbonyl (C=O) groups is 2. The van der Waals surface area contributed by atoms with E-state index in [1.165, 1.54) is 22.3 Å². The van der Waals surface area contributed by atoms with E-state index in [1.807, 2.05) is 44.0 Å². The molecule has 2 aromatic rings. The number of pyridine rings is 1. The number of rotatable bonds is 1. The number of piperidine rings is 1. The minimum Gasteiger partial charge on any atom is -0.483 e. The predicted molar refractivity (Wildman–Crippen MR) is 130 cm³/mol. The van der Waals surface area contributed by atoms with Crippen molar-refractivity contribution in [3.63, 3.8) is 0 Å². The van der Waals surface area contributed by atoms with Crippen molar-refractivity contribution in [1.82, 2.24) is 9.88 Å². The first kappa shape index (κ1) is 24.8. The molecule has 0 bridgehead atoms. The summed E-state index contributed by atoms with van der Waals surface area (Å²) in [5.41, 5.74) is 5.49. The highest BCUT2D eigenvalue weighted by Gasteiger charge is 2.35. The highest BCUT2D eigenvalue weighted by molar-refractivity contribution is 6.30. The first-order valence-electron chi connectivity index (χ1n) is 11.1. The summed E-state index contributed by atoms with van der Waals surface area (Å²) >= 11 is 6.35. The molecule has 4 rings (SSSR count). The zero-order chi connectivity index (χ0) is 24.2. The van der Waals surface area contributed by atoms with E-state index >= 15 is 0 Å². The number of ether oxygens (including phenoxy) is 1. The Bertz CT molecular complexity index is 1040. The molecule has 1 saturated heterocycles. The van der Waals surface area contributed by atoms with Crippen LogP contribution in [0.25, 0.3) is 11.6 Å². The molecule has 0 radical (unpaired) electrons. The van der Waals surface area contributed by atoms with E-state index in [0.29, 0.717) is 19.0 Å². The third-order valence-corrected chi connectivity index (χ3v) is 6.21. The predicted octanol–water partition coefficient (Wildman–Crippen LogP) is 6.09. The van der Waals surface area contributed by atoms with Gasteiger partial charge in [0.1, 0.15) is 5.60 Å². The monoisotopic (exact) mass is 470 g/mol. The van der Waals surface area contributed by atoms with Gasteiger partial charge in [0.05, 0.1) is 5.69 Å². The fourth-order valence-electron chi connectivity index (χ4n) is 4.63. The number of hydrogen-bond donors (Lipinski definition) is 1. The minimum atomic E-state index is -0.473. The molecule has 1 amide bonds. The van der Waals surface area contributed by atoms with Gasteiger partial charge in [-0.25, -0.2) is 4.79 Å². The fourth-order valence-corrected chi connectivity index (χ4v) is 4.80. The first-order valence-corrected chi connectivity index (χ1v) is 11.5. The third-order valence-electron chi connectivity index (χ3n) is 5.98. The van der Waals surface area contributed by atoms with Crippen molar-refractivity contribution in [2.24, 2.45) is 5.92 Å². The third kappa shape index (κ3) is 5.93. The van der Waals surface area contributed by atoms with Gasteiger partial charge in [0.15, 0.2) is 0 Å². The average Bonchev–Trinajstić information content (AvgIpc) is 2.87. The van der Waals surface area contributed by atoms with Crippen molar-refractivity contribution in [1.29, 1.82) is 0 Å². The number of allylic oxidation sites excluding steroid dienone is 1. The highest BCUT2D eigenvalue weighted by Crippen LogP contribution is 2.44. The van der Waals surface area contributed by atoms with Gasteiger partial charge in [-0.3, -0.25) is 9.78 Å².